The van der Waals surface area contributed by atoms with E-state index < -0.39 is 11.9 Å². The number of rotatable bonds is 1. The van der Waals surface area contributed by atoms with Crippen LogP contribution < -0.4 is 5.69 Å². The fraction of sp³-hybridized carbons (Fsp3) is 0.571. The van der Waals surface area contributed by atoms with E-state index in [1.54, 1.807) is 0 Å². The van der Waals surface area contributed by atoms with Gasteiger partial charge in [0, 0.05) is 6.54 Å². The summed E-state index contributed by atoms with van der Waals surface area (Å²) in [4.78, 5) is 21.8. The van der Waals surface area contributed by atoms with E-state index in [0.29, 0.717) is 25.2 Å². The number of aromatic nitrogens is 3. The molecule has 1 aliphatic heterocycles. The molecule has 0 radical (unpaired) electrons. The van der Waals surface area contributed by atoms with Gasteiger partial charge in [0.15, 0.2) is 0 Å². The molecule has 1 unspecified atom stereocenters. The maximum absolute atomic E-state index is 11.1. The van der Waals surface area contributed by atoms with E-state index in [4.69, 9.17) is 5.11 Å². The predicted molar refractivity (Wildman–Crippen MR) is 42.5 cm³/mol. The average Bonchev–Trinajstić information content (AvgIpc) is 2.48. The molecule has 1 aromatic heterocycles. The molecule has 1 aromatic rings. The van der Waals surface area contributed by atoms with Crippen LogP contribution in [0.25, 0.3) is 0 Å². The van der Waals surface area contributed by atoms with E-state index in [9.17, 15) is 9.59 Å². The van der Waals surface area contributed by atoms with Gasteiger partial charge in [0.1, 0.15) is 11.7 Å². The summed E-state index contributed by atoms with van der Waals surface area (Å²) in [5.74, 6) is -1.20. The van der Waals surface area contributed by atoms with Crippen molar-refractivity contribution in [2.75, 3.05) is 0 Å². The van der Waals surface area contributed by atoms with Crippen LogP contribution in [0.4, 0.5) is 0 Å². The van der Waals surface area contributed by atoms with Crippen LogP contribution >= 0.6 is 0 Å². The minimum Gasteiger partial charge on any atom is -0.481 e. The van der Waals surface area contributed by atoms with E-state index in [2.05, 4.69) is 10.2 Å². The summed E-state index contributed by atoms with van der Waals surface area (Å²) in [5.41, 5.74) is -0.319. The lowest BCUT2D eigenvalue weighted by Gasteiger charge is -2.17. The Balaban J connectivity index is 2.49. The fourth-order valence-electron chi connectivity index (χ4n) is 1.63. The van der Waals surface area contributed by atoms with Crippen LogP contribution in [0.1, 0.15) is 24.6 Å². The molecule has 0 fully saturated rings. The smallest absolute Gasteiger partial charge is 0.343 e. The lowest BCUT2D eigenvalue weighted by molar-refractivity contribution is -0.139. The van der Waals surface area contributed by atoms with Gasteiger partial charge in [-0.15, -0.1) is 0 Å². The number of carboxylic acid groups (broad SMARTS) is 1. The highest BCUT2D eigenvalue weighted by molar-refractivity contribution is 5.74. The summed E-state index contributed by atoms with van der Waals surface area (Å²) in [6.07, 6.45) is 1.27. The molecule has 1 atom stereocenters. The number of aliphatic carboxylic acids is 1. The highest BCUT2D eigenvalue weighted by Gasteiger charge is 2.29. The third kappa shape index (κ3) is 1.14. The molecule has 13 heavy (non-hydrogen) atoms. The number of nitrogens with one attached hydrogen (secondary N) is 1. The van der Waals surface area contributed by atoms with Crippen molar-refractivity contribution in [1.82, 2.24) is 14.8 Å². The standard InChI is InChI=1S/C7H9N3O3/c11-6(12)4-2-1-3-10-5(4)8-9-7(10)13/h4H,1-3H2,(H,9,13)(H,11,12). The predicted octanol–water partition coefficient (Wildman–Crippen LogP) is -0.467. The van der Waals surface area contributed by atoms with Crippen LogP contribution in [-0.2, 0) is 11.3 Å². The molecule has 2 rings (SSSR count). The zero-order chi connectivity index (χ0) is 9.42. The molecule has 0 saturated carbocycles. The number of carbonyl (C=O) groups is 1. The number of nitrogens with zero attached hydrogens (tertiary/aromatic N) is 2. The third-order valence-electron chi connectivity index (χ3n) is 2.27. The lowest BCUT2D eigenvalue weighted by atomic mass is 9.99. The maximum atomic E-state index is 11.1. The van der Waals surface area contributed by atoms with Crippen molar-refractivity contribution >= 4 is 5.97 Å². The van der Waals surface area contributed by atoms with Crippen molar-refractivity contribution in [2.24, 2.45) is 0 Å². The second kappa shape index (κ2) is 2.72. The van der Waals surface area contributed by atoms with Crippen LogP contribution in [0.3, 0.4) is 0 Å². The van der Waals surface area contributed by atoms with Gasteiger partial charge in [-0.25, -0.2) is 9.89 Å². The van der Waals surface area contributed by atoms with Crippen molar-refractivity contribution in [3.8, 4) is 0 Å². The van der Waals surface area contributed by atoms with Crippen molar-refractivity contribution in [3.63, 3.8) is 0 Å². The summed E-state index contributed by atoms with van der Waals surface area (Å²) in [6.45, 7) is 0.564. The summed E-state index contributed by atoms with van der Waals surface area (Å²) in [6, 6.07) is 0. The molecule has 0 aromatic carbocycles. The lowest BCUT2D eigenvalue weighted by Crippen LogP contribution is -2.27. The first-order valence-corrected chi connectivity index (χ1v) is 4.08. The Bertz CT molecular complexity index is 392. The minimum absolute atomic E-state index is 0.319. The largest absolute Gasteiger partial charge is 0.481 e. The Kier molecular flexibility index (Phi) is 1.68. The van der Waals surface area contributed by atoms with E-state index in [0.717, 1.165) is 0 Å². The third-order valence-corrected chi connectivity index (χ3v) is 2.27. The van der Waals surface area contributed by atoms with Gasteiger partial charge >= 0.3 is 11.7 Å². The number of carboxylic acids is 1. The van der Waals surface area contributed by atoms with Crippen molar-refractivity contribution in [3.05, 3.63) is 16.3 Å². The summed E-state index contributed by atoms with van der Waals surface area (Å²) >= 11 is 0. The first-order valence-electron chi connectivity index (χ1n) is 4.08. The topological polar surface area (TPSA) is 88.0 Å². The van der Waals surface area contributed by atoms with Crippen molar-refractivity contribution in [2.45, 2.75) is 25.3 Å². The zero-order valence-corrected chi connectivity index (χ0v) is 6.86. The quantitative estimate of drug-likeness (QED) is 0.616. The summed E-state index contributed by atoms with van der Waals surface area (Å²) in [7, 11) is 0. The Morgan fingerprint density at radius 2 is 2.46 bits per heavy atom. The molecule has 0 saturated heterocycles. The summed E-state index contributed by atoms with van der Waals surface area (Å²) in [5, 5.41) is 14.8. The van der Waals surface area contributed by atoms with Crippen LogP contribution in [0.15, 0.2) is 4.79 Å². The SMILES string of the molecule is O=C(O)C1CCCn2c1n[nH]c2=O. The van der Waals surface area contributed by atoms with Crippen LogP contribution in [-0.4, -0.2) is 25.8 Å². The average molecular weight is 183 g/mol. The molecular weight excluding hydrogens is 174 g/mol. The number of H-pyrrole nitrogens is 1. The number of hydrogen-bond donors (Lipinski definition) is 2. The highest BCUT2D eigenvalue weighted by Crippen LogP contribution is 2.23. The zero-order valence-electron chi connectivity index (χ0n) is 6.86. The molecule has 0 aliphatic carbocycles. The molecule has 2 N–H and O–H groups in total. The van der Waals surface area contributed by atoms with Gasteiger partial charge in [0.2, 0.25) is 0 Å². The minimum atomic E-state index is -0.917. The monoisotopic (exact) mass is 183 g/mol. The molecule has 0 bridgehead atoms. The molecule has 0 amide bonds. The molecule has 6 nitrogen and oxygen atoms in total. The van der Waals surface area contributed by atoms with Gasteiger partial charge in [0.05, 0.1) is 0 Å². The Hall–Kier alpha value is -1.59. The number of aromatic amines is 1. The van der Waals surface area contributed by atoms with Gasteiger partial charge < -0.3 is 5.11 Å². The van der Waals surface area contributed by atoms with E-state index in [-0.39, 0.29) is 5.69 Å². The van der Waals surface area contributed by atoms with Crippen LogP contribution in [0.5, 0.6) is 0 Å². The van der Waals surface area contributed by atoms with Crippen molar-refractivity contribution < 1.29 is 9.90 Å². The number of fused-ring (bicyclic) bond motifs is 1. The molecule has 0 spiro atoms. The van der Waals surface area contributed by atoms with Crippen LogP contribution in [0.2, 0.25) is 0 Å². The van der Waals surface area contributed by atoms with Gasteiger partial charge in [0.25, 0.3) is 0 Å². The second-order valence-corrected chi connectivity index (χ2v) is 3.07. The van der Waals surface area contributed by atoms with Crippen LogP contribution in [0, 0.1) is 0 Å². The van der Waals surface area contributed by atoms with Gasteiger partial charge in [-0.2, -0.15) is 5.10 Å². The second-order valence-electron chi connectivity index (χ2n) is 3.07. The molecule has 2 heterocycles. The summed E-state index contributed by atoms with van der Waals surface area (Å²) < 4.78 is 1.39. The molecule has 6 heteroatoms. The number of hydrogen-bond acceptors (Lipinski definition) is 3. The Labute approximate surface area is 73.2 Å². The molecular formula is C7H9N3O3. The van der Waals surface area contributed by atoms with Gasteiger partial charge in [-0.3, -0.25) is 9.36 Å². The van der Waals surface area contributed by atoms with E-state index in [1.165, 1.54) is 4.57 Å². The van der Waals surface area contributed by atoms with Crippen molar-refractivity contribution in [1.29, 1.82) is 0 Å². The Morgan fingerprint density at radius 1 is 1.69 bits per heavy atom. The first-order chi connectivity index (χ1) is 6.20. The first kappa shape index (κ1) is 8.03. The van der Waals surface area contributed by atoms with E-state index in [1.807, 2.05) is 0 Å². The van der Waals surface area contributed by atoms with Gasteiger partial charge in [-0.05, 0) is 12.8 Å². The fourth-order valence-corrected chi connectivity index (χ4v) is 1.63. The molecule has 70 valence electrons. The van der Waals surface area contributed by atoms with Gasteiger partial charge in [-0.1, -0.05) is 0 Å². The van der Waals surface area contributed by atoms with E-state index >= 15 is 0 Å². The highest BCUT2D eigenvalue weighted by atomic mass is 16.4. The molecule has 1 aliphatic rings. The normalized spacial score (nSPS) is 21.1. The Morgan fingerprint density at radius 3 is 3.15 bits per heavy atom. The maximum Gasteiger partial charge on any atom is 0.343 e.